The average Bonchev–Trinajstić information content (AvgIpc) is 2.14. The summed E-state index contributed by atoms with van der Waals surface area (Å²) in [5.74, 6) is -0.813. The van der Waals surface area contributed by atoms with E-state index in [0.717, 1.165) is 11.4 Å². The van der Waals surface area contributed by atoms with Gasteiger partial charge < -0.3 is 9.84 Å². The summed E-state index contributed by atoms with van der Waals surface area (Å²) in [5, 5.41) is 7.78. The zero-order valence-electron chi connectivity index (χ0n) is 9.30. The van der Waals surface area contributed by atoms with Gasteiger partial charge in [-0.2, -0.15) is 0 Å². The van der Waals surface area contributed by atoms with Crippen molar-refractivity contribution in [3.8, 4) is 0 Å². The normalized spacial score (nSPS) is 16.1. The molecule has 7 heteroatoms. The van der Waals surface area contributed by atoms with Gasteiger partial charge in [0.2, 0.25) is 10.0 Å². The topological polar surface area (TPSA) is 83.9 Å². The number of aliphatic hydroxyl groups excluding tert-OH is 1. The fourth-order valence-corrected chi connectivity index (χ4v) is 2.34. The molecule has 0 spiro atoms. The van der Waals surface area contributed by atoms with Crippen molar-refractivity contribution >= 4 is 16.0 Å². The average molecular weight is 239 g/mol. The van der Waals surface area contributed by atoms with E-state index in [1.165, 1.54) is 20.9 Å². The zero-order chi connectivity index (χ0) is 12.2. The molecule has 0 aromatic heterocycles. The number of ether oxygens (including phenoxy) is 1. The van der Waals surface area contributed by atoms with E-state index < -0.39 is 27.3 Å². The van der Waals surface area contributed by atoms with Crippen molar-refractivity contribution in [3.05, 3.63) is 0 Å². The third-order valence-electron chi connectivity index (χ3n) is 1.94. The first-order valence-electron chi connectivity index (χ1n) is 4.44. The minimum Gasteiger partial charge on any atom is -0.468 e. The molecule has 15 heavy (non-hydrogen) atoms. The van der Waals surface area contributed by atoms with Crippen LogP contribution in [-0.4, -0.2) is 55.9 Å². The SMILES string of the molecule is COC(=O)C(C)S(=O)(=O)N(C)CC(C)O. The first kappa shape index (κ1) is 14.3. The lowest BCUT2D eigenvalue weighted by atomic mass is 10.4. The van der Waals surface area contributed by atoms with Gasteiger partial charge in [-0.05, 0) is 13.8 Å². The fraction of sp³-hybridized carbons (Fsp3) is 0.875. The van der Waals surface area contributed by atoms with Crippen LogP contribution in [0.5, 0.6) is 0 Å². The molecule has 0 aliphatic carbocycles. The van der Waals surface area contributed by atoms with E-state index in [2.05, 4.69) is 4.74 Å². The second-order valence-electron chi connectivity index (χ2n) is 3.34. The molecule has 90 valence electrons. The molecule has 0 rings (SSSR count). The Balaban J connectivity index is 4.74. The van der Waals surface area contributed by atoms with E-state index in [1.54, 1.807) is 0 Å². The van der Waals surface area contributed by atoms with Gasteiger partial charge in [0.05, 0.1) is 13.2 Å². The molecule has 0 saturated carbocycles. The van der Waals surface area contributed by atoms with Crippen LogP contribution < -0.4 is 0 Å². The Morgan fingerprint density at radius 1 is 1.47 bits per heavy atom. The van der Waals surface area contributed by atoms with Crippen molar-refractivity contribution in [2.24, 2.45) is 0 Å². The number of nitrogens with zero attached hydrogens (tertiary/aromatic N) is 1. The number of sulfonamides is 1. The Labute approximate surface area is 89.9 Å². The lowest BCUT2D eigenvalue weighted by molar-refractivity contribution is -0.139. The minimum absolute atomic E-state index is 0.0519. The van der Waals surface area contributed by atoms with Crippen molar-refractivity contribution in [2.45, 2.75) is 25.2 Å². The van der Waals surface area contributed by atoms with Crippen molar-refractivity contribution in [2.75, 3.05) is 20.7 Å². The van der Waals surface area contributed by atoms with E-state index in [-0.39, 0.29) is 6.54 Å². The Morgan fingerprint density at radius 3 is 2.27 bits per heavy atom. The molecule has 0 aromatic carbocycles. The van der Waals surface area contributed by atoms with Gasteiger partial charge in [0, 0.05) is 13.6 Å². The number of likely N-dealkylation sites (N-methyl/N-ethyl adjacent to an activating group) is 1. The molecule has 6 nitrogen and oxygen atoms in total. The number of esters is 1. The predicted octanol–water partition coefficient (Wildman–Crippen LogP) is -0.810. The van der Waals surface area contributed by atoms with Crippen LogP contribution in [0.3, 0.4) is 0 Å². The predicted molar refractivity (Wildman–Crippen MR) is 54.7 cm³/mol. The Bertz CT molecular complexity index is 311. The van der Waals surface area contributed by atoms with Crippen LogP contribution in [0, 0.1) is 0 Å². The van der Waals surface area contributed by atoms with Gasteiger partial charge in [-0.1, -0.05) is 0 Å². The maximum absolute atomic E-state index is 11.7. The van der Waals surface area contributed by atoms with Gasteiger partial charge in [0.15, 0.2) is 5.25 Å². The second-order valence-corrected chi connectivity index (χ2v) is 5.70. The molecule has 0 heterocycles. The highest BCUT2D eigenvalue weighted by Crippen LogP contribution is 2.08. The van der Waals surface area contributed by atoms with Crippen LogP contribution in [0.15, 0.2) is 0 Å². The van der Waals surface area contributed by atoms with Crippen LogP contribution in [0.2, 0.25) is 0 Å². The van der Waals surface area contributed by atoms with E-state index >= 15 is 0 Å². The zero-order valence-corrected chi connectivity index (χ0v) is 10.1. The highest BCUT2D eigenvalue weighted by Gasteiger charge is 2.32. The molecule has 0 aromatic rings. The number of aliphatic hydroxyl groups is 1. The quantitative estimate of drug-likeness (QED) is 0.634. The standard InChI is InChI=1S/C8H17NO5S/c1-6(10)5-9(3)15(12,13)7(2)8(11)14-4/h6-7,10H,5H2,1-4H3. The number of carbonyl (C=O) groups excluding carboxylic acids is 1. The van der Waals surface area contributed by atoms with Crippen molar-refractivity contribution < 1.29 is 23.1 Å². The smallest absolute Gasteiger partial charge is 0.325 e. The van der Waals surface area contributed by atoms with Gasteiger partial charge in [-0.15, -0.1) is 0 Å². The maximum Gasteiger partial charge on any atom is 0.325 e. The molecule has 2 unspecified atom stereocenters. The van der Waals surface area contributed by atoms with Crippen LogP contribution in [0.1, 0.15) is 13.8 Å². The summed E-state index contributed by atoms with van der Waals surface area (Å²) < 4.78 is 28.7. The number of rotatable bonds is 5. The summed E-state index contributed by atoms with van der Waals surface area (Å²) in [6, 6.07) is 0. The summed E-state index contributed by atoms with van der Waals surface area (Å²) in [7, 11) is -1.31. The van der Waals surface area contributed by atoms with Crippen LogP contribution in [-0.2, 0) is 19.6 Å². The van der Waals surface area contributed by atoms with Gasteiger partial charge in [-0.3, -0.25) is 4.79 Å². The molecule has 0 radical (unpaired) electrons. The van der Waals surface area contributed by atoms with Crippen LogP contribution in [0.4, 0.5) is 0 Å². The highest BCUT2D eigenvalue weighted by molar-refractivity contribution is 7.90. The lowest BCUT2D eigenvalue weighted by Crippen LogP contribution is -2.42. The molecule has 2 atom stereocenters. The van der Waals surface area contributed by atoms with Gasteiger partial charge >= 0.3 is 5.97 Å². The molecule has 0 fully saturated rings. The van der Waals surface area contributed by atoms with E-state index in [0.29, 0.717) is 0 Å². The van der Waals surface area contributed by atoms with Crippen molar-refractivity contribution in [1.82, 2.24) is 4.31 Å². The van der Waals surface area contributed by atoms with Crippen molar-refractivity contribution in [1.29, 1.82) is 0 Å². The van der Waals surface area contributed by atoms with E-state index in [4.69, 9.17) is 5.11 Å². The molecule has 0 saturated heterocycles. The second kappa shape index (κ2) is 5.43. The van der Waals surface area contributed by atoms with Gasteiger partial charge in [0.1, 0.15) is 0 Å². The number of methoxy groups -OCH3 is 1. The Hall–Kier alpha value is -0.660. The molecule has 0 aliphatic rings. The van der Waals surface area contributed by atoms with E-state index in [1.807, 2.05) is 0 Å². The summed E-state index contributed by atoms with van der Waals surface area (Å²) in [6.45, 7) is 2.66. The maximum atomic E-state index is 11.7. The lowest BCUT2D eigenvalue weighted by Gasteiger charge is -2.21. The monoisotopic (exact) mass is 239 g/mol. The number of hydrogen-bond donors (Lipinski definition) is 1. The minimum atomic E-state index is -3.75. The fourth-order valence-electron chi connectivity index (χ4n) is 1.03. The van der Waals surface area contributed by atoms with Crippen LogP contribution >= 0.6 is 0 Å². The van der Waals surface area contributed by atoms with Crippen LogP contribution in [0.25, 0.3) is 0 Å². The molecular formula is C8H17NO5S. The summed E-state index contributed by atoms with van der Waals surface area (Å²) in [5.41, 5.74) is 0. The van der Waals surface area contributed by atoms with Gasteiger partial charge in [0.25, 0.3) is 0 Å². The largest absolute Gasteiger partial charge is 0.468 e. The van der Waals surface area contributed by atoms with E-state index in [9.17, 15) is 13.2 Å². The summed E-state index contributed by atoms with van der Waals surface area (Å²) in [4.78, 5) is 11.1. The summed E-state index contributed by atoms with van der Waals surface area (Å²) >= 11 is 0. The third kappa shape index (κ3) is 3.77. The summed E-state index contributed by atoms with van der Waals surface area (Å²) in [6.07, 6.45) is -0.783. The molecule has 0 bridgehead atoms. The molecule has 1 N–H and O–H groups in total. The molecular weight excluding hydrogens is 222 g/mol. The van der Waals surface area contributed by atoms with Gasteiger partial charge in [-0.25, -0.2) is 12.7 Å². The number of hydrogen-bond acceptors (Lipinski definition) is 5. The third-order valence-corrected chi connectivity index (χ3v) is 4.04. The Morgan fingerprint density at radius 2 is 1.93 bits per heavy atom. The first-order chi connectivity index (χ1) is 6.73. The highest BCUT2D eigenvalue weighted by atomic mass is 32.2. The molecule has 0 aliphatic heterocycles. The number of carbonyl (C=O) groups is 1. The first-order valence-corrected chi connectivity index (χ1v) is 5.94. The Kier molecular flexibility index (Phi) is 5.19. The molecule has 0 amide bonds. The van der Waals surface area contributed by atoms with Crippen molar-refractivity contribution in [3.63, 3.8) is 0 Å².